The summed E-state index contributed by atoms with van der Waals surface area (Å²) in [5.74, 6) is 0.313. The lowest BCUT2D eigenvalue weighted by atomic mass is 10.1. The summed E-state index contributed by atoms with van der Waals surface area (Å²) in [6, 6.07) is 19.5. The van der Waals surface area contributed by atoms with E-state index in [-0.39, 0.29) is 11.7 Å². The van der Waals surface area contributed by atoms with Gasteiger partial charge in [0.05, 0.1) is 5.69 Å². The normalized spacial score (nSPS) is 10.9. The highest BCUT2D eigenvalue weighted by Crippen LogP contribution is 2.27. The zero-order valence-electron chi connectivity index (χ0n) is 17.9. The van der Waals surface area contributed by atoms with Gasteiger partial charge in [-0.15, -0.1) is 5.10 Å². The molecule has 1 amide bonds. The van der Waals surface area contributed by atoms with Gasteiger partial charge in [0.2, 0.25) is 5.82 Å². The number of benzene rings is 3. The number of aromatic nitrogens is 3. The summed E-state index contributed by atoms with van der Waals surface area (Å²) in [4.78, 5) is 17.6. The molecule has 156 valence electrons. The number of amides is 1. The van der Waals surface area contributed by atoms with Crippen molar-refractivity contribution in [3.63, 3.8) is 0 Å². The average molecular weight is 431 g/mol. The molecular formula is C25H23ClN4O. The fourth-order valence-electron chi connectivity index (χ4n) is 3.34. The second kappa shape index (κ2) is 8.36. The third-order valence-electron chi connectivity index (χ3n) is 5.23. The highest BCUT2D eigenvalue weighted by atomic mass is 35.5. The van der Waals surface area contributed by atoms with E-state index in [1.54, 1.807) is 4.68 Å². The van der Waals surface area contributed by atoms with E-state index >= 15 is 0 Å². The van der Waals surface area contributed by atoms with Crippen LogP contribution in [0.4, 0.5) is 5.69 Å². The lowest BCUT2D eigenvalue weighted by molar-refractivity contribution is 0.101. The van der Waals surface area contributed by atoms with Crippen molar-refractivity contribution in [2.45, 2.75) is 27.7 Å². The zero-order valence-corrected chi connectivity index (χ0v) is 18.7. The maximum Gasteiger partial charge on any atom is 0.295 e. The van der Waals surface area contributed by atoms with E-state index in [0.717, 1.165) is 39.2 Å². The number of nitrogens with zero attached hydrogens (tertiary/aromatic N) is 3. The fourth-order valence-corrected chi connectivity index (χ4v) is 3.51. The van der Waals surface area contributed by atoms with Crippen LogP contribution in [0.25, 0.3) is 17.1 Å². The smallest absolute Gasteiger partial charge is 0.295 e. The van der Waals surface area contributed by atoms with Gasteiger partial charge < -0.3 is 5.32 Å². The van der Waals surface area contributed by atoms with Gasteiger partial charge in [-0.25, -0.2) is 9.67 Å². The highest BCUT2D eigenvalue weighted by Gasteiger charge is 2.21. The predicted molar refractivity (Wildman–Crippen MR) is 125 cm³/mol. The van der Waals surface area contributed by atoms with E-state index < -0.39 is 0 Å². The molecule has 0 radical (unpaired) electrons. The Balaban J connectivity index is 1.81. The van der Waals surface area contributed by atoms with E-state index in [0.29, 0.717) is 10.8 Å². The molecule has 3 aromatic carbocycles. The molecule has 4 aromatic rings. The Morgan fingerprint density at radius 1 is 0.935 bits per heavy atom. The van der Waals surface area contributed by atoms with Crippen molar-refractivity contribution in [2.75, 3.05) is 5.32 Å². The van der Waals surface area contributed by atoms with Crippen LogP contribution in [0.3, 0.4) is 0 Å². The molecular weight excluding hydrogens is 408 g/mol. The number of carbonyl (C=O) groups excluding carboxylic acids is 1. The van der Waals surface area contributed by atoms with Crippen LogP contribution in [0.1, 0.15) is 32.9 Å². The first-order valence-corrected chi connectivity index (χ1v) is 10.4. The topological polar surface area (TPSA) is 59.8 Å². The molecule has 0 saturated heterocycles. The first kappa shape index (κ1) is 20.8. The van der Waals surface area contributed by atoms with Crippen LogP contribution >= 0.6 is 11.6 Å². The molecule has 6 heteroatoms. The van der Waals surface area contributed by atoms with Gasteiger partial charge in [0.1, 0.15) is 0 Å². The van der Waals surface area contributed by atoms with Crippen molar-refractivity contribution in [1.82, 2.24) is 14.8 Å². The van der Waals surface area contributed by atoms with Crippen LogP contribution < -0.4 is 5.32 Å². The Hall–Kier alpha value is -3.44. The quantitative estimate of drug-likeness (QED) is 0.427. The van der Waals surface area contributed by atoms with Crippen LogP contribution in [-0.4, -0.2) is 20.7 Å². The molecule has 0 aliphatic carbocycles. The molecule has 0 fully saturated rings. The van der Waals surface area contributed by atoms with Crippen molar-refractivity contribution >= 4 is 23.2 Å². The summed E-state index contributed by atoms with van der Waals surface area (Å²) in [5.41, 5.74) is 6.43. The first-order chi connectivity index (χ1) is 14.8. The second-order valence-corrected chi connectivity index (χ2v) is 8.10. The van der Waals surface area contributed by atoms with Gasteiger partial charge >= 0.3 is 0 Å². The Morgan fingerprint density at radius 2 is 1.65 bits per heavy atom. The minimum atomic E-state index is -0.361. The van der Waals surface area contributed by atoms with Crippen molar-refractivity contribution in [3.8, 4) is 17.1 Å². The molecule has 4 rings (SSSR count). The maximum atomic E-state index is 13.0. The van der Waals surface area contributed by atoms with Crippen LogP contribution in [-0.2, 0) is 0 Å². The van der Waals surface area contributed by atoms with Gasteiger partial charge in [-0.2, -0.15) is 0 Å². The third-order valence-corrected chi connectivity index (χ3v) is 5.64. The number of rotatable bonds is 4. The van der Waals surface area contributed by atoms with Crippen molar-refractivity contribution in [2.24, 2.45) is 0 Å². The SMILES string of the molecule is Cc1ccc(-c2nc(C(=O)Nc3cc(C)ccc3C)nn2-c2cccc(Cl)c2C)cc1. The number of halogens is 1. The maximum absolute atomic E-state index is 13.0. The largest absolute Gasteiger partial charge is 0.319 e. The van der Waals surface area contributed by atoms with Gasteiger partial charge in [0, 0.05) is 16.3 Å². The summed E-state index contributed by atoms with van der Waals surface area (Å²) < 4.78 is 1.68. The first-order valence-electron chi connectivity index (χ1n) is 10.0. The average Bonchev–Trinajstić information content (AvgIpc) is 3.18. The number of carbonyl (C=O) groups is 1. The van der Waals surface area contributed by atoms with Crippen molar-refractivity contribution < 1.29 is 4.79 Å². The third kappa shape index (κ3) is 4.23. The van der Waals surface area contributed by atoms with Crippen molar-refractivity contribution in [1.29, 1.82) is 0 Å². The van der Waals surface area contributed by atoms with Gasteiger partial charge in [-0.1, -0.05) is 59.6 Å². The van der Waals surface area contributed by atoms with Crippen LogP contribution in [0.15, 0.2) is 60.7 Å². The monoisotopic (exact) mass is 430 g/mol. The second-order valence-electron chi connectivity index (χ2n) is 7.69. The number of hydrogen-bond acceptors (Lipinski definition) is 3. The van der Waals surface area contributed by atoms with Gasteiger partial charge in [0.25, 0.3) is 5.91 Å². The summed E-state index contributed by atoms with van der Waals surface area (Å²) in [6.07, 6.45) is 0. The summed E-state index contributed by atoms with van der Waals surface area (Å²) in [5, 5.41) is 8.14. The molecule has 0 aliphatic rings. The number of hydrogen-bond donors (Lipinski definition) is 1. The van der Waals surface area contributed by atoms with Crippen molar-refractivity contribution in [3.05, 3.63) is 93.8 Å². The zero-order chi connectivity index (χ0) is 22.1. The lowest BCUT2D eigenvalue weighted by Gasteiger charge is -2.10. The minimum Gasteiger partial charge on any atom is -0.319 e. The van der Waals surface area contributed by atoms with E-state index in [2.05, 4.69) is 15.4 Å². The highest BCUT2D eigenvalue weighted by molar-refractivity contribution is 6.31. The molecule has 0 unspecified atom stereocenters. The van der Waals surface area contributed by atoms with Gasteiger partial charge in [-0.3, -0.25) is 4.79 Å². The molecule has 0 bridgehead atoms. The van der Waals surface area contributed by atoms with E-state index in [1.165, 1.54) is 0 Å². The molecule has 31 heavy (non-hydrogen) atoms. The molecule has 0 aliphatic heterocycles. The summed E-state index contributed by atoms with van der Waals surface area (Å²) in [6.45, 7) is 7.89. The van der Waals surface area contributed by atoms with Crippen LogP contribution in [0.5, 0.6) is 0 Å². The predicted octanol–water partition coefficient (Wildman–Crippen LogP) is 6.07. The molecule has 0 atom stereocenters. The molecule has 1 heterocycles. The molecule has 1 aromatic heterocycles. The number of anilines is 1. The fraction of sp³-hybridized carbons (Fsp3) is 0.160. The van der Waals surface area contributed by atoms with E-state index in [1.807, 2.05) is 88.4 Å². The minimum absolute atomic E-state index is 0.0934. The Morgan fingerprint density at radius 3 is 2.39 bits per heavy atom. The van der Waals surface area contributed by atoms with Crippen LogP contribution in [0.2, 0.25) is 5.02 Å². The van der Waals surface area contributed by atoms with Crippen LogP contribution in [0, 0.1) is 27.7 Å². The summed E-state index contributed by atoms with van der Waals surface area (Å²) >= 11 is 6.35. The lowest BCUT2D eigenvalue weighted by Crippen LogP contribution is -2.15. The number of aryl methyl sites for hydroxylation is 3. The van der Waals surface area contributed by atoms with Gasteiger partial charge in [-0.05, 0) is 62.6 Å². The van der Waals surface area contributed by atoms with E-state index in [9.17, 15) is 4.79 Å². The van der Waals surface area contributed by atoms with Gasteiger partial charge in [0.15, 0.2) is 5.82 Å². The standard InChI is InChI=1S/C25H23ClN4O/c1-15-9-12-19(13-10-15)24-28-23(25(31)27-21-14-16(2)8-11-17(21)3)29-30(24)22-7-5-6-20(26)18(22)4/h5-14H,1-4H3,(H,27,31). The number of nitrogens with one attached hydrogen (secondary N) is 1. The molecule has 0 saturated carbocycles. The Labute approximate surface area is 186 Å². The Bertz CT molecular complexity index is 1280. The van der Waals surface area contributed by atoms with E-state index in [4.69, 9.17) is 11.6 Å². The summed E-state index contributed by atoms with van der Waals surface area (Å²) in [7, 11) is 0. The molecule has 1 N–H and O–H groups in total. The molecule has 0 spiro atoms. The molecule has 5 nitrogen and oxygen atoms in total. The Kier molecular flexibility index (Phi) is 5.61.